The van der Waals surface area contributed by atoms with E-state index in [1.165, 1.54) is 17.4 Å². The Bertz CT molecular complexity index is 1270. The van der Waals surface area contributed by atoms with Crippen molar-refractivity contribution in [1.82, 2.24) is 0 Å². The highest BCUT2D eigenvalue weighted by Gasteiger charge is 2.26. The standard InChI is InChI=1S/C27H27ClN2O4S/c1-16-3-10-20-23(13-16)35-27(25(20)26(29)32)30-24(31)12-7-17-6-11-21(22(14-17)33-2)34-15-18-4-8-19(28)9-5-18/h4-9,11-12,14,16H,3,10,13,15H2,1-2H3,(H2,29,32)(H,30,31). The number of ether oxygens (including phenoxy) is 2. The molecule has 0 saturated carbocycles. The number of carbonyl (C=O) groups is 2. The van der Waals surface area contributed by atoms with Gasteiger partial charge in [0.2, 0.25) is 5.91 Å². The second-order valence-electron chi connectivity index (χ2n) is 8.57. The molecule has 1 heterocycles. The summed E-state index contributed by atoms with van der Waals surface area (Å²) in [6.07, 6.45) is 5.83. The fraction of sp³-hybridized carbons (Fsp3) is 0.259. The van der Waals surface area contributed by atoms with E-state index in [9.17, 15) is 9.59 Å². The maximum atomic E-state index is 12.6. The van der Waals surface area contributed by atoms with Gasteiger partial charge in [0.05, 0.1) is 12.7 Å². The number of carbonyl (C=O) groups excluding carboxylic acids is 2. The van der Waals surface area contributed by atoms with E-state index < -0.39 is 5.91 Å². The SMILES string of the molecule is COc1cc(C=CC(=O)Nc2sc3c(c2C(N)=O)CCC(C)C3)ccc1OCc1ccc(Cl)cc1. The summed E-state index contributed by atoms with van der Waals surface area (Å²) in [6, 6.07) is 12.9. The Hall–Kier alpha value is -3.29. The molecular weight excluding hydrogens is 484 g/mol. The lowest BCUT2D eigenvalue weighted by molar-refractivity contribution is -0.111. The Labute approximate surface area is 213 Å². The van der Waals surface area contributed by atoms with Gasteiger partial charge in [0.25, 0.3) is 5.91 Å². The van der Waals surface area contributed by atoms with Crippen LogP contribution >= 0.6 is 22.9 Å². The van der Waals surface area contributed by atoms with Crippen LogP contribution in [0.5, 0.6) is 11.5 Å². The molecule has 2 amide bonds. The Balaban J connectivity index is 1.43. The first-order valence-electron chi connectivity index (χ1n) is 11.3. The van der Waals surface area contributed by atoms with Gasteiger partial charge in [-0.25, -0.2) is 0 Å². The number of halogens is 1. The number of hydrogen-bond donors (Lipinski definition) is 2. The Morgan fingerprint density at radius 2 is 1.97 bits per heavy atom. The second kappa shape index (κ2) is 11.0. The van der Waals surface area contributed by atoms with E-state index in [4.69, 9.17) is 26.8 Å². The summed E-state index contributed by atoms with van der Waals surface area (Å²) in [5.74, 6) is 0.862. The average Bonchev–Trinajstić information content (AvgIpc) is 3.19. The molecular formula is C27H27ClN2O4S. The number of fused-ring (bicyclic) bond motifs is 1. The summed E-state index contributed by atoms with van der Waals surface area (Å²) < 4.78 is 11.3. The molecule has 3 aromatic rings. The van der Waals surface area contributed by atoms with E-state index in [-0.39, 0.29) is 5.91 Å². The van der Waals surface area contributed by atoms with Crippen molar-refractivity contribution in [3.8, 4) is 11.5 Å². The quantitative estimate of drug-likeness (QED) is 0.371. The third-order valence-electron chi connectivity index (χ3n) is 5.92. The van der Waals surface area contributed by atoms with Crippen LogP contribution in [0.25, 0.3) is 6.08 Å². The van der Waals surface area contributed by atoms with Crippen molar-refractivity contribution in [2.24, 2.45) is 11.7 Å². The fourth-order valence-corrected chi connectivity index (χ4v) is 5.62. The number of nitrogens with one attached hydrogen (secondary N) is 1. The molecule has 0 spiro atoms. The molecule has 1 atom stereocenters. The molecule has 6 nitrogen and oxygen atoms in total. The Morgan fingerprint density at radius 1 is 1.20 bits per heavy atom. The van der Waals surface area contributed by atoms with Gasteiger partial charge in [-0.1, -0.05) is 36.7 Å². The number of hydrogen-bond acceptors (Lipinski definition) is 5. The van der Waals surface area contributed by atoms with Gasteiger partial charge in [-0.15, -0.1) is 11.3 Å². The van der Waals surface area contributed by atoms with Gasteiger partial charge in [0, 0.05) is 16.0 Å². The zero-order valence-electron chi connectivity index (χ0n) is 19.6. The predicted molar refractivity (Wildman–Crippen MR) is 140 cm³/mol. The van der Waals surface area contributed by atoms with Crippen LogP contribution in [0.1, 0.15) is 45.3 Å². The van der Waals surface area contributed by atoms with Crippen LogP contribution in [0.2, 0.25) is 5.02 Å². The van der Waals surface area contributed by atoms with Crippen LogP contribution in [0.4, 0.5) is 5.00 Å². The number of methoxy groups -OCH3 is 1. The van der Waals surface area contributed by atoms with E-state index in [0.717, 1.165) is 40.8 Å². The summed E-state index contributed by atoms with van der Waals surface area (Å²) >= 11 is 7.37. The number of anilines is 1. The maximum Gasteiger partial charge on any atom is 0.251 e. The molecule has 2 aromatic carbocycles. The minimum atomic E-state index is -0.504. The van der Waals surface area contributed by atoms with Crippen molar-refractivity contribution >= 4 is 45.8 Å². The molecule has 1 aromatic heterocycles. The van der Waals surface area contributed by atoms with Gasteiger partial charge in [0.15, 0.2) is 11.5 Å². The first-order chi connectivity index (χ1) is 16.8. The maximum absolute atomic E-state index is 12.6. The zero-order chi connectivity index (χ0) is 24.9. The zero-order valence-corrected chi connectivity index (χ0v) is 21.2. The molecule has 182 valence electrons. The minimum Gasteiger partial charge on any atom is -0.493 e. The lowest BCUT2D eigenvalue weighted by Gasteiger charge is -2.18. The number of amides is 2. The van der Waals surface area contributed by atoms with Crippen LogP contribution in [0, 0.1) is 5.92 Å². The molecule has 0 fully saturated rings. The van der Waals surface area contributed by atoms with E-state index in [1.807, 2.05) is 30.3 Å². The molecule has 4 rings (SSSR count). The number of nitrogens with two attached hydrogens (primary N) is 1. The molecule has 8 heteroatoms. The van der Waals surface area contributed by atoms with Crippen LogP contribution < -0.4 is 20.5 Å². The predicted octanol–water partition coefficient (Wildman–Crippen LogP) is 5.86. The van der Waals surface area contributed by atoms with Crippen molar-refractivity contribution in [1.29, 1.82) is 0 Å². The van der Waals surface area contributed by atoms with Crippen molar-refractivity contribution in [3.63, 3.8) is 0 Å². The molecule has 1 aliphatic carbocycles. The van der Waals surface area contributed by atoms with Crippen LogP contribution in [0.3, 0.4) is 0 Å². The number of thiophene rings is 1. The lowest BCUT2D eigenvalue weighted by Crippen LogP contribution is -2.18. The topological polar surface area (TPSA) is 90.6 Å². The summed E-state index contributed by atoms with van der Waals surface area (Å²) in [5.41, 5.74) is 8.82. The van der Waals surface area contributed by atoms with E-state index in [1.54, 1.807) is 25.3 Å². The first kappa shape index (κ1) is 24.8. The van der Waals surface area contributed by atoms with E-state index in [2.05, 4.69) is 12.2 Å². The van der Waals surface area contributed by atoms with Gasteiger partial charge < -0.3 is 20.5 Å². The van der Waals surface area contributed by atoms with Gasteiger partial charge >= 0.3 is 0 Å². The summed E-state index contributed by atoms with van der Waals surface area (Å²) in [5, 5.41) is 4.04. The van der Waals surface area contributed by atoms with Gasteiger partial charge in [0.1, 0.15) is 11.6 Å². The normalized spacial score (nSPS) is 15.0. The number of primary amides is 1. The van der Waals surface area contributed by atoms with Crippen molar-refractivity contribution < 1.29 is 19.1 Å². The lowest BCUT2D eigenvalue weighted by atomic mass is 9.88. The second-order valence-corrected chi connectivity index (χ2v) is 10.1. The van der Waals surface area contributed by atoms with Crippen LogP contribution in [-0.2, 0) is 24.2 Å². The van der Waals surface area contributed by atoms with Gasteiger partial charge in [-0.3, -0.25) is 9.59 Å². The van der Waals surface area contributed by atoms with Crippen LogP contribution in [0.15, 0.2) is 48.5 Å². The molecule has 1 aliphatic rings. The number of benzene rings is 2. The third-order valence-corrected chi connectivity index (χ3v) is 7.34. The summed E-state index contributed by atoms with van der Waals surface area (Å²) in [6.45, 7) is 2.56. The highest BCUT2D eigenvalue weighted by atomic mass is 35.5. The molecule has 3 N–H and O–H groups in total. The van der Waals surface area contributed by atoms with Crippen molar-refractivity contribution in [2.75, 3.05) is 12.4 Å². The smallest absolute Gasteiger partial charge is 0.251 e. The molecule has 0 saturated heterocycles. The third kappa shape index (κ3) is 6.05. The summed E-state index contributed by atoms with van der Waals surface area (Å²) in [4.78, 5) is 25.9. The Morgan fingerprint density at radius 3 is 2.69 bits per heavy atom. The monoisotopic (exact) mass is 510 g/mol. The fourth-order valence-electron chi connectivity index (χ4n) is 4.07. The van der Waals surface area contributed by atoms with E-state index >= 15 is 0 Å². The molecule has 35 heavy (non-hydrogen) atoms. The largest absolute Gasteiger partial charge is 0.493 e. The average molecular weight is 511 g/mol. The van der Waals surface area contributed by atoms with E-state index in [0.29, 0.717) is 39.6 Å². The molecule has 0 aliphatic heterocycles. The summed E-state index contributed by atoms with van der Waals surface area (Å²) in [7, 11) is 1.56. The first-order valence-corrected chi connectivity index (χ1v) is 12.5. The van der Waals surface area contributed by atoms with Gasteiger partial charge in [-0.2, -0.15) is 0 Å². The van der Waals surface area contributed by atoms with Crippen molar-refractivity contribution in [2.45, 2.75) is 32.8 Å². The van der Waals surface area contributed by atoms with Gasteiger partial charge in [-0.05, 0) is 72.2 Å². The number of rotatable bonds is 8. The highest BCUT2D eigenvalue weighted by Crippen LogP contribution is 2.39. The molecule has 0 bridgehead atoms. The molecule has 1 unspecified atom stereocenters. The Kier molecular flexibility index (Phi) is 7.78. The molecule has 0 radical (unpaired) electrons. The minimum absolute atomic E-state index is 0.332. The highest BCUT2D eigenvalue weighted by molar-refractivity contribution is 7.17. The van der Waals surface area contributed by atoms with Crippen molar-refractivity contribution in [3.05, 3.63) is 80.7 Å². The van der Waals surface area contributed by atoms with Crippen LogP contribution in [-0.4, -0.2) is 18.9 Å².